The summed E-state index contributed by atoms with van der Waals surface area (Å²) in [6.07, 6.45) is -0.861. The smallest absolute Gasteiger partial charge is 0.338 e. The van der Waals surface area contributed by atoms with Crippen LogP contribution in [0.2, 0.25) is 0 Å². The van der Waals surface area contributed by atoms with Crippen LogP contribution in [-0.2, 0) is 0 Å². The van der Waals surface area contributed by atoms with Gasteiger partial charge in [0.05, 0.1) is 6.54 Å². The predicted octanol–water partition coefficient (Wildman–Crippen LogP) is 1.16. The summed E-state index contributed by atoms with van der Waals surface area (Å²) in [5, 5.41) is 0. The SMILES string of the molecule is FC(F)(F)CN1CCN(c2ncccn2)CC1. The lowest BCUT2D eigenvalue weighted by atomic mass is 10.3. The fraction of sp³-hybridized carbons (Fsp3) is 0.600. The van der Waals surface area contributed by atoms with Gasteiger partial charge in [-0.1, -0.05) is 0 Å². The Morgan fingerprint density at radius 3 is 2.18 bits per heavy atom. The lowest BCUT2D eigenvalue weighted by Crippen LogP contribution is -2.49. The molecule has 0 radical (unpaired) electrons. The van der Waals surface area contributed by atoms with E-state index in [4.69, 9.17) is 0 Å². The lowest BCUT2D eigenvalue weighted by molar-refractivity contribution is -0.146. The molecule has 1 saturated heterocycles. The molecule has 17 heavy (non-hydrogen) atoms. The summed E-state index contributed by atoms with van der Waals surface area (Å²) in [6.45, 7) is 0.992. The molecule has 94 valence electrons. The van der Waals surface area contributed by atoms with Crippen LogP contribution in [0.5, 0.6) is 0 Å². The summed E-state index contributed by atoms with van der Waals surface area (Å²) in [6, 6.07) is 1.71. The Kier molecular flexibility index (Phi) is 3.46. The maximum absolute atomic E-state index is 12.2. The maximum Gasteiger partial charge on any atom is 0.401 e. The highest BCUT2D eigenvalue weighted by atomic mass is 19.4. The highest BCUT2D eigenvalue weighted by Gasteiger charge is 2.32. The zero-order valence-corrected chi connectivity index (χ0v) is 9.19. The highest BCUT2D eigenvalue weighted by molar-refractivity contribution is 5.29. The highest BCUT2D eigenvalue weighted by Crippen LogP contribution is 2.18. The molecule has 0 atom stereocenters. The van der Waals surface area contributed by atoms with E-state index in [0.717, 1.165) is 0 Å². The lowest BCUT2D eigenvalue weighted by Gasteiger charge is -2.34. The van der Waals surface area contributed by atoms with Crippen LogP contribution in [0.15, 0.2) is 18.5 Å². The van der Waals surface area contributed by atoms with Crippen LogP contribution >= 0.6 is 0 Å². The first-order valence-corrected chi connectivity index (χ1v) is 5.36. The third-order valence-corrected chi connectivity index (χ3v) is 2.61. The zero-order valence-electron chi connectivity index (χ0n) is 9.19. The molecule has 2 rings (SSSR count). The van der Waals surface area contributed by atoms with Crippen LogP contribution in [0.3, 0.4) is 0 Å². The van der Waals surface area contributed by atoms with Crippen LogP contribution in [0, 0.1) is 0 Å². The van der Waals surface area contributed by atoms with E-state index < -0.39 is 12.7 Å². The minimum atomic E-state index is -4.12. The number of piperazine rings is 1. The normalized spacial score (nSPS) is 18.4. The van der Waals surface area contributed by atoms with Crippen LogP contribution in [0.25, 0.3) is 0 Å². The van der Waals surface area contributed by atoms with Crippen molar-refractivity contribution in [1.29, 1.82) is 0 Å². The molecule has 0 aromatic carbocycles. The first kappa shape index (κ1) is 12.1. The second kappa shape index (κ2) is 4.87. The number of aromatic nitrogens is 2. The number of anilines is 1. The molecule has 0 bridgehead atoms. The van der Waals surface area contributed by atoms with Gasteiger partial charge in [0.25, 0.3) is 0 Å². The van der Waals surface area contributed by atoms with Crippen molar-refractivity contribution >= 4 is 5.95 Å². The van der Waals surface area contributed by atoms with Crippen molar-refractivity contribution < 1.29 is 13.2 Å². The van der Waals surface area contributed by atoms with Gasteiger partial charge in [-0.25, -0.2) is 9.97 Å². The Morgan fingerprint density at radius 1 is 1.06 bits per heavy atom. The molecule has 0 aliphatic carbocycles. The summed E-state index contributed by atoms with van der Waals surface area (Å²) >= 11 is 0. The maximum atomic E-state index is 12.2. The van der Waals surface area contributed by atoms with E-state index in [1.807, 2.05) is 4.90 Å². The Labute approximate surface area is 97.1 Å². The largest absolute Gasteiger partial charge is 0.401 e. The topological polar surface area (TPSA) is 32.3 Å². The molecular weight excluding hydrogens is 233 g/mol. The number of hydrogen-bond donors (Lipinski definition) is 0. The molecule has 1 aromatic heterocycles. The fourth-order valence-corrected chi connectivity index (χ4v) is 1.81. The first-order valence-electron chi connectivity index (χ1n) is 5.36. The third kappa shape index (κ3) is 3.55. The van der Waals surface area contributed by atoms with E-state index in [2.05, 4.69) is 9.97 Å². The summed E-state index contributed by atoms with van der Waals surface area (Å²) in [4.78, 5) is 11.5. The number of halogens is 3. The quantitative estimate of drug-likeness (QED) is 0.784. The summed E-state index contributed by atoms with van der Waals surface area (Å²) in [5.74, 6) is 0.583. The second-order valence-corrected chi connectivity index (χ2v) is 3.93. The molecule has 0 N–H and O–H groups in total. The van der Waals surface area contributed by atoms with E-state index in [1.54, 1.807) is 18.5 Å². The van der Waals surface area contributed by atoms with Gasteiger partial charge in [-0.3, -0.25) is 4.90 Å². The van der Waals surface area contributed by atoms with Crippen molar-refractivity contribution in [2.24, 2.45) is 0 Å². The number of nitrogens with zero attached hydrogens (tertiary/aromatic N) is 4. The average molecular weight is 246 g/mol. The predicted molar refractivity (Wildman–Crippen MR) is 56.7 cm³/mol. The van der Waals surface area contributed by atoms with Crippen LogP contribution in [-0.4, -0.2) is 53.8 Å². The van der Waals surface area contributed by atoms with Crippen molar-refractivity contribution in [3.63, 3.8) is 0 Å². The van der Waals surface area contributed by atoms with Gasteiger partial charge in [-0.15, -0.1) is 0 Å². The molecule has 4 nitrogen and oxygen atoms in total. The molecule has 1 fully saturated rings. The second-order valence-electron chi connectivity index (χ2n) is 3.93. The van der Waals surface area contributed by atoms with Gasteiger partial charge in [0.1, 0.15) is 0 Å². The molecule has 0 amide bonds. The van der Waals surface area contributed by atoms with Gasteiger partial charge in [-0.2, -0.15) is 13.2 Å². The Balaban J connectivity index is 1.86. The van der Waals surface area contributed by atoms with Crippen molar-refractivity contribution in [2.45, 2.75) is 6.18 Å². The molecular formula is C10H13F3N4. The Bertz CT molecular complexity index is 346. The fourth-order valence-electron chi connectivity index (χ4n) is 1.81. The Morgan fingerprint density at radius 2 is 1.65 bits per heavy atom. The molecule has 0 unspecified atom stereocenters. The number of alkyl halides is 3. The van der Waals surface area contributed by atoms with Crippen molar-refractivity contribution in [1.82, 2.24) is 14.9 Å². The van der Waals surface area contributed by atoms with E-state index in [9.17, 15) is 13.2 Å². The number of rotatable bonds is 2. The molecule has 0 saturated carbocycles. The van der Waals surface area contributed by atoms with E-state index in [-0.39, 0.29) is 0 Å². The standard InChI is InChI=1S/C10H13F3N4/c11-10(12,13)8-16-4-6-17(7-5-16)9-14-2-1-3-15-9/h1-3H,4-8H2. The molecule has 1 aliphatic rings. The Hall–Kier alpha value is -1.37. The van der Waals surface area contributed by atoms with Crippen molar-refractivity contribution in [3.05, 3.63) is 18.5 Å². The van der Waals surface area contributed by atoms with Crippen molar-refractivity contribution in [3.8, 4) is 0 Å². The minimum absolute atomic E-state index is 0.387. The third-order valence-electron chi connectivity index (χ3n) is 2.61. The number of hydrogen-bond acceptors (Lipinski definition) is 4. The van der Waals surface area contributed by atoms with E-state index in [0.29, 0.717) is 32.1 Å². The van der Waals surface area contributed by atoms with Crippen LogP contribution in [0.4, 0.5) is 19.1 Å². The summed E-state index contributed by atoms with van der Waals surface area (Å²) < 4.78 is 36.5. The summed E-state index contributed by atoms with van der Waals surface area (Å²) in [5.41, 5.74) is 0. The van der Waals surface area contributed by atoms with Gasteiger partial charge in [0.15, 0.2) is 0 Å². The van der Waals surface area contributed by atoms with Crippen molar-refractivity contribution in [2.75, 3.05) is 37.6 Å². The van der Waals surface area contributed by atoms with Crippen LogP contribution in [0.1, 0.15) is 0 Å². The molecule has 1 aromatic rings. The van der Waals surface area contributed by atoms with E-state index in [1.165, 1.54) is 4.90 Å². The van der Waals surface area contributed by atoms with E-state index >= 15 is 0 Å². The van der Waals surface area contributed by atoms with Gasteiger partial charge in [0, 0.05) is 38.6 Å². The zero-order chi connectivity index (χ0) is 12.3. The molecule has 0 spiro atoms. The van der Waals surface area contributed by atoms with Gasteiger partial charge >= 0.3 is 6.18 Å². The molecule has 7 heteroatoms. The first-order chi connectivity index (χ1) is 8.04. The van der Waals surface area contributed by atoms with Gasteiger partial charge in [0.2, 0.25) is 5.95 Å². The monoisotopic (exact) mass is 246 g/mol. The van der Waals surface area contributed by atoms with Crippen LogP contribution < -0.4 is 4.90 Å². The van der Waals surface area contributed by atoms with Gasteiger partial charge in [-0.05, 0) is 6.07 Å². The molecule has 1 aliphatic heterocycles. The summed E-state index contributed by atoms with van der Waals surface area (Å²) in [7, 11) is 0. The molecule has 2 heterocycles. The minimum Gasteiger partial charge on any atom is -0.338 e. The average Bonchev–Trinajstić information content (AvgIpc) is 2.29. The van der Waals surface area contributed by atoms with Gasteiger partial charge < -0.3 is 4.90 Å².